The third-order valence-electron chi connectivity index (χ3n) is 2.80. The molecule has 0 N–H and O–H groups in total. The Hall–Kier alpha value is -1.02. The molecule has 0 saturated carbocycles. The van der Waals surface area contributed by atoms with E-state index in [1.54, 1.807) is 6.92 Å². The van der Waals surface area contributed by atoms with Crippen molar-refractivity contribution in [1.29, 1.82) is 0 Å². The van der Waals surface area contributed by atoms with Gasteiger partial charge in [-0.1, -0.05) is 38.1 Å². The van der Waals surface area contributed by atoms with Crippen LogP contribution in [0.1, 0.15) is 44.2 Å². The van der Waals surface area contributed by atoms with Gasteiger partial charge in [0.1, 0.15) is 0 Å². The highest BCUT2D eigenvalue weighted by Gasteiger charge is 2.12. The van der Waals surface area contributed by atoms with Gasteiger partial charge in [0.25, 0.3) is 0 Å². The van der Waals surface area contributed by atoms with Crippen molar-refractivity contribution in [3.8, 4) is 0 Å². The number of rotatable bonds is 6. The third kappa shape index (κ3) is 5.09. The minimum atomic E-state index is -0.226. The molecule has 2 nitrogen and oxygen atoms in total. The topological polar surface area (TPSA) is 26.3 Å². The number of ether oxygens (including phenoxy) is 1. The maximum Gasteiger partial charge on any atom is 0.307 e. The van der Waals surface area contributed by atoms with Crippen molar-refractivity contribution in [2.45, 2.75) is 44.9 Å². The van der Waals surface area contributed by atoms with Gasteiger partial charge in [0, 0.05) is 5.38 Å². The Labute approximate surface area is 114 Å². The van der Waals surface area contributed by atoms with Crippen LogP contribution in [0.5, 0.6) is 0 Å². The number of alkyl halides is 1. The SMILES string of the molecule is CCOC(=O)CC(Cl)Cc1ccc(C(C)C)cc1. The molecule has 0 fully saturated rings. The molecule has 0 aliphatic heterocycles. The number of carbonyl (C=O) groups excluding carboxylic acids is 1. The second-order valence-corrected chi connectivity index (χ2v) is 5.32. The molecule has 1 aromatic carbocycles. The molecule has 0 bridgehead atoms. The molecule has 1 rings (SSSR count). The van der Waals surface area contributed by atoms with Crippen LogP contribution in [0.2, 0.25) is 0 Å². The Morgan fingerprint density at radius 1 is 1.28 bits per heavy atom. The lowest BCUT2D eigenvalue weighted by molar-refractivity contribution is -0.143. The van der Waals surface area contributed by atoms with Crippen molar-refractivity contribution in [3.63, 3.8) is 0 Å². The van der Waals surface area contributed by atoms with Crippen molar-refractivity contribution >= 4 is 17.6 Å². The summed E-state index contributed by atoms with van der Waals surface area (Å²) in [6, 6.07) is 8.40. The molecule has 0 aliphatic rings. The lowest BCUT2D eigenvalue weighted by Gasteiger charge is -2.10. The first kappa shape index (κ1) is 15.0. The Morgan fingerprint density at radius 3 is 2.39 bits per heavy atom. The number of benzene rings is 1. The summed E-state index contributed by atoms with van der Waals surface area (Å²) in [4.78, 5) is 11.3. The summed E-state index contributed by atoms with van der Waals surface area (Å²) in [5.41, 5.74) is 2.47. The zero-order chi connectivity index (χ0) is 13.5. The van der Waals surface area contributed by atoms with Crippen LogP contribution in [0.15, 0.2) is 24.3 Å². The van der Waals surface area contributed by atoms with Gasteiger partial charge in [0.05, 0.1) is 13.0 Å². The molecule has 1 aromatic rings. The van der Waals surface area contributed by atoms with E-state index in [-0.39, 0.29) is 17.8 Å². The van der Waals surface area contributed by atoms with E-state index in [0.29, 0.717) is 18.9 Å². The van der Waals surface area contributed by atoms with Crippen molar-refractivity contribution in [1.82, 2.24) is 0 Å². The third-order valence-corrected chi connectivity index (χ3v) is 3.11. The molecule has 0 amide bonds. The molecule has 3 heteroatoms. The Kier molecular flexibility index (Phi) is 6.20. The van der Waals surface area contributed by atoms with E-state index in [0.717, 1.165) is 5.56 Å². The van der Waals surface area contributed by atoms with Gasteiger partial charge in [-0.15, -0.1) is 11.6 Å². The molecular formula is C15H21ClO2. The summed E-state index contributed by atoms with van der Waals surface area (Å²) < 4.78 is 4.88. The van der Waals surface area contributed by atoms with Crippen LogP contribution in [0.4, 0.5) is 0 Å². The van der Waals surface area contributed by atoms with Crippen molar-refractivity contribution < 1.29 is 9.53 Å². The lowest BCUT2D eigenvalue weighted by atomic mass is 10.00. The minimum absolute atomic E-state index is 0.200. The molecule has 0 saturated heterocycles. The fourth-order valence-electron chi connectivity index (χ4n) is 1.77. The summed E-state index contributed by atoms with van der Waals surface area (Å²) in [7, 11) is 0. The van der Waals surface area contributed by atoms with Crippen LogP contribution < -0.4 is 0 Å². The van der Waals surface area contributed by atoms with Crippen LogP contribution in [-0.2, 0) is 16.0 Å². The molecule has 0 aromatic heterocycles. The van der Waals surface area contributed by atoms with Crippen LogP contribution in [0.3, 0.4) is 0 Å². The van der Waals surface area contributed by atoms with Gasteiger partial charge in [-0.25, -0.2) is 0 Å². The molecule has 0 spiro atoms. The molecule has 0 aliphatic carbocycles. The van der Waals surface area contributed by atoms with Crippen LogP contribution in [0, 0.1) is 0 Å². The number of carbonyl (C=O) groups is 1. The molecule has 0 radical (unpaired) electrons. The van der Waals surface area contributed by atoms with E-state index in [4.69, 9.17) is 16.3 Å². The smallest absolute Gasteiger partial charge is 0.307 e. The highest BCUT2D eigenvalue weighted by Crippen LogP contribution is 2.17. The zero-order valence-electron chi connectivity index (χ0n) is 11.3. The van der Waals surface area contributed by atoms with Gasteiger partial charge in [-0.3, -0.25) is 4.79 Å². The van der Waals surface area contributed by atoms with Gasteiger partial charge in [0.2, 0.25) is 0 Å². The molecule has 0 heterocycles. The maximum absolute atomic E-state index is 11.3. The fraction of sp³-hybridized carbons (Fsp3) is 0.533. The average molecular weight is 269 g/mol. The van der Waals surface area contributed by atoms with E-state index in [1.165, 1.54) is 5.56 Å². The van der Waals surface area contributed by atoms with Crippen LogP contribution in [0.25, 0.3) is 0 Å². The standard InChI is InChI=1S/C15H21ClO2/c1-4-18-15(17)10-14(16)9-12-5-7-13(8-6-12)11(2)3/h5-8,11,14H,4,9-10H2,1-3H3. The monoisotopic (exact) mass is 268 g/mol. The molecule has 100 valence electrons. The van der Waals surface area contributed by atoms with Crippen molar-refractivity contribution in [3.05, 3.63) is 35.4 Å². The number of hydrogen-bond acceptors (Lipinski definition) is 2. The van der Waals surface area contributed by atoms with Gasteiger partial charge < -0.3 is 4.74 Å². The van der Waals surface area contributed by atoms with Crippen molar-refractivity contribution in [2.24, 2.45) is 0 Å². The van der Waals surface area contributed by atoms with Gasteiger partial charge >= 0.3 is 5.97 Å². The number of esters is 1. The van der Waals surface area contributed by atoms with Gasteiger partial charge in [-0.05, 0) is 30.4 Å². The first-order chi connectivity index (χ1) is 8.52. The van der Waals surface area contributed by atoms with Crippen molar-refractivity contribution in [2.75, 3.05) is 6.61 Å². The van der Waals surface area contributed by atoms with E-state index in [9.17, 15) is 4.79 Å². The highest BCUT2D eigenvalue weighted by molar-refractivity contribution is 6.21. The second kappa shape index (κ2) is 7.42. The summed E-state index contributed by atoms with van der Waals surface area (Å²) in [5, 5.41) is -0.200. The first-order valence-electron chi connectivity index (χ1n) is 6.41. The Bertz CT molecular complexity index is 371. The molecule has 18 heavy (non-hydrogen) atoms. The fourth-order valence-corrected chi connectivity index (χ4v) is 2.07. The van der Waals surface area contributed by atoms with Crippen LogP contribution in [-0.4, -0.2) is 18.0 Å². The molecular weight excluding hydrogens is 248 g/mol. The highest BCUT2D eigenvalue weighted by atomic mass is 35.5. The Balaban J connectivity index is 2.49. The average Bonchev–Trinajstić information content (AvgIpc) is 2.29. The van der Waals surface area contributed by atoms with Gasteiger partial charge in [0.15, 0.2) is 0 Å². The molecule has 1 atom stereocenters. The largest absolute Gasteiger partial charge is 0.466 e. The number of halogens is 1. The van der Waals surface area contributed by atoms with E-state index in [1.807, 2.05) is 0 Å². The van der Waals surface area contributed by atoms with Gasteiger partial charge in [-0.2, -0.15) is 0 Å². The lowest BCUT2D eigenvalue weighted by Crippen LogP contribution is -2.13. The normalized spacial score (nSPS) is 12.5. The Morgan fingerprint density at radius 2 is 1.89 bits per heavy atom. The second-order valence-electron chi connectivity index (χ2n) is 4.71. The molecule has 1 unspecified atom stereocenters. The van der Waals surface area contributed by atoms with Crippen LogP contribution >= 0.6 is 11.6 Å². The first-order valence-corrected chi connectivity index (χ1v) is 6.85. The zero-order valence-corrected chi connectivity index (χ0v) is 12.0. The predicted molar refractivity (Wildman–Crippen MR) is 75.1 cm³/mol. The van der Waals surface area contributed by atoms with E-state index < -0.39 is 0 Å². The predicted octanol–water partition coefficient (Wildman–Crippen LogP) is 3.91. The minimum Gasteiger partial charge on any atom is -0.466 e. The maximum atomic E-state index is 11.3. The summed E-state index contributed by atoms with van der Waals surface area (Å²) in [6.07, 6.45) is 0.958. The quantitative estimate of drug-likeness (QED) is 0.578. The summed E-state index contributed by atoms with van der Waals surface area (Å²) in [6.45, 7) is 6.54. The van der Waals surface area contributed by atoms with E-state index in [2.05, 4.69) is 38.1 Å². The summed E-state index contributed by atoms with van der Waals surface area (Å²) >= 11 is 6.15. The number of hydrogen-bond donors (Lipinski definition) is 0. The van der Waals surface area contributed by atoms with E-state index >= 15 is 0 Å². The summed E-state index contributed by atoms with van der Waals surface area (Å²) in [5.74, 6) is 0.307.